The highest BCUT2D eigenvalue weighted by Crippen LogP contribution is 2.44. The number of phenols is 1. The molecule has 0 spiro atoms. The van der Waals surface area contributed by atoms with Crippen molar-refractivity contribution in [1.82, 2.24) is 15.1 Å². The van der Waals surface area contributed by atoms with E-state index in [-0.39, 0.29) is 17.7 Å². The Morgan fingerprint density at radius 2 is 1.93 bits per heavy atom. The van der Waals surface area contributed by atoms with E-state index < -0.39 is 0 Å². The van der Waals surface area contributed by atoms with Crippen LogP contribution < -0.4 is 0 Å². The average molecular weight is 363 g/mol. The molecule has 0 saturated carbocycles. The number of methoxy groups -OCH3 is 1. The van der Waals surface area contributed by atoms with Gasteiger partial charge in [-0.15, -0.1) is 0 Å². The van der Waals surface area contributed by atoms with Gasteiger partial charge >= 0.3 is 0 Å². The number of hydrogen-bond donors (Lipinski definition) is 2. The number of aromatic amines is 1. The van der Waals surface area contributed by atoms with Gasteiger partial charge < -0.3 is 14.7 Å². The molecule has 2 N–H and O–H groups in total. The molecule has 0 fully saturated rings. The minimum Gasteiger partial charge on any atom is -0.507 e. The van der Waals surface area contributed by atoms with Crippen molar-refractivity contribution in [2.24, 2.45) is 0 Å². The first-order valence-corrected chi connectivity index (χ1v) is 8.85. The number of carbonyl (C=O) groups is 1. The summed E-state index contributed by atoms with van der Waals surface area (Å²) in [7, 11) is 1.62. The molecule has 6 heteroatoms. The van der Waals surface area contributed by atoms with Crippen LogP contribution in [0.3, 0.4) is 0 Å². The number of nitrogens with one attached hydrogen (secondary N) is 1. The van der Waals surface area contributed by atoms with E-state index in [1.165, 1.54) is 0 Å². The minimum absolute atomic E-state index is 0.109. The monoisotopic (exact) mass is 363 g/mol. The summed E-state index contributed by atoms with van der Waals surface area (Å²) in [6.45, 7) is 2.94. The largest absolute Gasteiger partial charge is 0.507 e. The van der Waals surface area contributed by atoms with E-state index in [4.69, 9.17) is 4.74 Å². The van der Waals surface area contributed by atoms with Gasteiger partial charge in [0.2, 0.25) is 0 Å². The molecule has 1 amide bonds. The van der Waals surface area contributed by atoms with Crippen LogP contribution in [0.5, 0.6) is 5.75 Å². The third kappa shape index (κ3) is 2.88. The number of para-hydroxylation sites is 1. The lowest BCUT2D eigenvalue weighted by atomic mass is 9.95. The topological polar surface area (TPSA) is 78.5 Å². The van der Waals surface area contributed by atoms with Crippen LogP contribution >= 0.6 is 0 Å². The lowest BCUT2D eigenvalue weighted by Gasteiger charge is -2.26. The van der Waals surface area contributed by atoms with E-state index in [0.717, 1.165) is 16.7 Å². The van der Waals surface area contributed by atoms with Crippen LogP contribution in [-0.4, -0.2) is 46.4 Å². The number of aromatic hydroxyl groups is 1. The molecule has 1 unspecified atom stereocenters. The fraction of sp³-hybridized carbons (Fsp3) is 0.238. The third-order valence-electron chi connectivity index (χ3n) is 4.95. The number of aryl methyl sites for hydroxylation is 1. The predicted octanol–water partition coefficient (Wildman–Crippen LogP) is 3.28. The van der Waals surface area contributed by atoms with Gasteiger partial charge in [-0.3, -0.25) is 9.89 Å². The summed E-state index contributed by atoms with van der Waals surface area (Å²) in [6, 6.07) is 14.9. The molecule has 0 radical (unpaired) electrons. The maximum Gasteiger partial charge on any atom is 0.273 e. The summed E-state index contributed by atoms with van der Waals surface area (Å²) in [6.07, 6.45) is 0. The molecule has 3 aromatic rings. The van der Waals surface area contributed by atoms with Gasteiger partial charge in [0.05, 0.1) is 12.6 Å². The maximum atomic E-state index is 13.0. The lowest BCUT2D eigenvalue weighted by molar-refractivity contribution is 0.0677. The number of aromatic nitrogens is 2. The quantitative estimate of drug-likeness (QED) is 0.729. The molecule has 0 aliphatic carbocycles. The number of ether oxygens (including phenoxy) is 1. The standard InChI is InChI=1S/C21H21N3O3/c1-13-7-9-14(10-8-13)20-17-18(15-5-3-4-6-16(15)25)22-23-19(17)21(26)24(20)11-12-27-2/h3-10,20,25H,11-12H2,1-2H3,(H,22,23). The lowest BCUT2D eigenvalue weighted by Crippen LogP contribution is -2.32. The van der Waals surface area contributed by atoms with E-state index >= 15 is 0 Å². The Labute approximate surface area is 157 Å². The number of fused-ring (bicyclic) bond motifs is 1. The molecule has 27 heavy (non-hydrogen) atoms. The summed E-state index contributed by atoms with van der Waals surface area (Å²) >= 11 is 0. The molecule has 2 heterocycles. The Morgan fingerprint density at radius 3 is 2.63 bits per heavy atom. The summed E-state index contributed by atoms with van der Waals surface area (Å²) in [4.78, 5) is 14.8. The number of hydrogen-bond acceptors (Lipinski definition) is 4. The zero-order valence-electron chi connectivity index (χ0n) is 15.3. The molecule has 1 atom stereocenters. The molecular weight excluding hydrogens is 342 g/mol. The summed E-state index contributed by atoms with van der Waals surface area (Å²) in [5.41, 5.74) is 4.62. The number of nitrogens with zero attached hydrogens (tertiary/aromatic N) is 2. The molecule has 6 nitrogen and oxygen atoms in total. The molecular formula is C21H21N3O3. The molecule has 4 rings (SSSR count). The van der Waals surface area contributed by atoms with Gasteiger partial charge in [0.15, 0.2) is 0 Å². The van der Waals surface area contributed by atoms with Crippen LogP contribution in [0, 0.1) is 6.92 Å². The highest BCUT2D eigenvalue weighted by atomic mass is 16.5. The molecule has 2 aromatic carbocycles. The predicted molar refractivity (Wildman–Crippen MR) is 102 cm³/mol. The van der Waals surface area contributed by atoms with Gasteiger partial charge in [0.25, 0.3) is 5.91 Å². The molecule has 1 aliphatic heterocycles. The van der Waals surface area contributed by atoms with Crippen LogP contribution in [0.2, 0.25) is 0 Å². The molecule has 0 saturated heterocycles. The van der Waals surface area contributed by atoms with Crippen LogP contribution in [0.15, 0.2) is 48.5 Å². The van der Waals surface area contributed by atoms with E-state index in [9.17, 15) is 9.90 Å². The minimum atomic E-state index is -0.281. The first kappa shape index (κ1) is 17.3. The van der Waals surface area contributed by atoms with Gasteiger partial charge in [-0.05, 0) is 24.6 Å². The maximum absolute atomic E-state index is 13.0. The second-order valence-electron chi connectivity index (χ2n) is 6.68. The van der Waals surface area contributed by atoms with Crippen molar-refractivity contribution in [2.75, 3.05) is 20.3 Å². The second-order valence-corrected chi connectivity index (χ2v) is 6.68. The zero-order chi connectivity index (χ0) is 19.0. The number of rotatable bonds is 5. The summed E-state index contributed by atoms with van der Waals surface area (Å²) in [5, 5.41) is 17.6. The van der Waals surface area contributed by atoms with Crippen LogP contribution in [-0.2, 0) is 4.74 Å². The van der Waals surface area contributed by atoms with Gasteiger partial charge in [-0.1, -0.05) is 42.0 Å². The Kier molecular flexibility index (Phi) is 4.41. The molecule has 138 valence electrons. The van der Waals surface area contributed by atoms with Gasteiger partial charge in [0.1, 0.15) is 17.1 Å². The van der Waals surface area contributed by atoms with E-state index in [2.05, 4.69) is 10.2 Å². The molecule has 1 aliphatic rings. The number of H-pyrrole nitrogens is 1. The fourth-order valence-corrected chi connectivity index (χ4v) is 3.59. The Bertz CT molecular complexity index is 979. The first-order chi connectivity index (χ1) is 13.1. The Morgan fingerprint density at radius 1 is 1.19 bits per heavy atom. The third-order valence-corrected chi connectivity index (χ3v) is 4.95. The van der Waals surface area contributed by atoms with Crippen molar-refractivity contribution < 1.29 is 14.6 Å². The van der Waals surface area contributed by atoms with Crippen molar-refractivity contribution in [3.63, 3.8) is 0 Å². The van der Waals surface area contributed by atoms with Crippen molar-refractivity contribution in [1.29, 1.82) is 0 Å². The van der Waals surface area contributed by atoms with Crippen LogP contribution in [0.25, 0.3) is 11.3 Å². The van der Waals surface area contributed by atoms with Crippen molar-refractivity contribution >= 4 is 5.91 Å². The highest BCUT2D eigenvalue weighted by Gasteiger charge is 2.42. The number of amides is 1. The van der Waals surface area contributed by atoms with Crippen LogP contribution in [0.1, 0.15) is 33.2 Å². The number of benzene rings is 2. The van der Waals surface area contributed by atoms with E-state index in [1.807, 2.05) is 37.3 Å². The van der Waals surface area contributed by atoms with E-state index in [0.29, 0.717) is 30.1 Å². The summed E-state index contributed by atoms with van der Waals surface area (Å²) in [5.74, 6) is 0.0269. The van der Waals surface area contributed by atoms with Gasteiger partial charge in [-0.2, -0.15) is 5.10 Å². The zero-order valence-corrected chi connectivity index (χ0v) is 15.3. The number of carbonyl (C=O) groups excluding carboxylic acids is 1. The molecule has 1 aromatic heterocycles. The second kappa shape index (κ2) is 6.89. The SMILES string of the molecule is COCCN1C(=O)c2[nH]nc(-c3ccccc3O)c2C1c1ccc(C)cc1. The van der Waals surface area contributed by atoms with Gasteiger partial charge in [0, 0.05) is 24.8 Å². The normalized spacial score (nSPS) is 16.0. The van der Waals surface area contributed by atoms with Crippen molar-refractivity contribution in [3.05, 3.63) is 70.9 Å². The number of phenolic OH excluding ortho intramolecular Hbond substituents is 1. The molecule has 0 bridgehead atoms. The van der Waals surface area contributed by atoms with Crippen molar-refractivity contribution in [3.8, 4) is 17.0 Å². The average Bonchev–Trinajstić information content (AvgIpc) is 3.21. The highest BCUT2D eigenvalue weighted by molar-refractivity contribution is 6.00. The smallest absolute Gasteiger partial charge is 0.273 e. The van der Waals surface area contributed by atoms with Gasteiger partial charge in [-0.25, -0.2) is 0 Å². The van der Waals surface area contributed by atoms with Crippen molar-refractivity contribution in [2.45, 2.75) is 13.0 Å². The Balaban J connectivity index is 1.88. The first-order valence-electron chi connectivity index (χ1n) is 8.85. The Hall–Kier alpha value is -3.12. The fourth-order valence-electron chi connectivity index (χ4n) is 3.59. The van der Waals surface area contributed by atoms with Crippen LogP contribution in [0.4, 0.5) is 0 Å². The summed E-state index contributed by atoms with van der Waals surface area (Å²) < 4.78 is 5.21. The van der Waals surface area contributed by atoms with E-state index in [1.54, 1.807) is 30.2 Å².